The predicted molar refractivity (Wildman–Crippen MR) is 221 cm³/mol. The summed E-state index contributed by atoms with van der Waals surface area (Å²) in [5.74, 6) is -1.11. The van der Waals surface area contributed by atoms with Crippen molar-refractivity contribution in [3.05, 3.63) is 24.3 Å². The molecule has 1 aliphatic rings. The highest BCUT2D eigenvalue weighted by molar-refractivity contribution is 7.47. The zero-order valence-electron chi connectivity index (χ0n) is 35.1. The maximum atomic E-state index is 12.8. The Labute approximate surface area is 343 Å². The van der Waals surface area contributed by atoms with E-state index in [2.05, 4.69) is 38.2 Å². The molecule has 14 heteroatoms. The molecule has 0 saturated heterocycles. The largest absolute Gasteiger partial charge is 0.472 e. The number of aliphatic hydroxyl groups excluding tert-OH is 5. The average molecular weight is 835 g/mol. The van der Waals surface area contributed by atoms with Crippen molar-refractivity contribution < 1.29 is 63.1 Å². The van der Waals surface area contributed by atoms with Gasteiger partial charge in [0.05, 0.1) is 6.61 Å². The summed E-state index contributed by atoms with van der Waals surface area (Å²) in [6.45, 7) is 3.25. The standard InChI is InChI=1S/C43H79O13P/c1-3-5-7-9-11-13-15-17-18-20-22-24-26-28-30-32-37(45)55-35(34-54-57(51,52)56-43-41(49)39(47)38(46)40(48)42(43)50)33-53-36(44)31-29-27-25-23-21-19-16-14-12-10-8-6-4-2/h11,13,17-18,35,38-43,46-50H,3-10,12,14-16,19-34H2,1-2H3,(H,51,52)/b13-11-,18-17-. The van der Waals surface area contributed by atoms with E-state index in [4.69, 9.17) is 18.5 Å². The summed E-state index contributed by atoms with van der Waals surface area (Å²) in [7, 11) is -5.11. The lowest BCUT2D eigenvalue weighted by molar-refractivity contribution is -0.220. The second-order valence-electron chi connectivity index (χ2n) is 15.6. The maximum absolute atomic E-state index is 12.8. The van der Waals surface area contributed by atoms with Crippen LogP contribution in [0.3, 0.4) is 0 Å². The molecule has 0 radical (unpaired) electrons. The minimum absolute atomic E-state index is 0.0831. The fourth-order valence-corrected chi connectivity index (χ4v) is 7.64. The second kappa shape index (κ2) is 34.1. The zero-order chi connectivity index (χ0) is 42.2. The highest BCUT2D eigenvalue weighted by atomic mass is 31.2. The van der Waals surface area contributed by atoms with Crippen LogP contribution < -0.4 is 0 Å². The fourth-order valence-electron chi connectivity index (χ4n) is 6.67. The average Bonchev–Trinajstić information content (AvgIpc) is 3.19. The summed E-state index contributed by atoms with van der Waals surface area (Å²) in [5, 5.41) is 50.1. The molecule has 1 rings (SSSR count). The van der Waals surface area contributed by atoms with Crippen molar-refractivity contribution >= 4 is 19.8 Å². The van der Waals surface area contributed by atoms with E-state index in [-0.39, 0.29) is 12.8 Å². The minimum Gasteiger partial charge on any atom is -0.462 e. The number of phosphoric acid groups is 1. The number of hydrogen-bond donors (Lipinski definition) is 6. The van der Waals surface area contributed by atoms with Gasteiger partial charge >= 0.3 is 19.8 Å². The van der Waals surface area contributed by atoms with E-state index in [0.717, 1.165) is 64.2 Å². The normalized spacial score (nSPS) is 22.9. The molecule has 6 atom stereocenters. The van der Waals surface area contributed by atoms with E-state index in [1.807, 2.05) is 0 Å². The number of allylic oxidation sites excluding steroid dienone is 4. The summed E-state index contributed by atoms with van der Waals surface area (Å²) < 4.78 is 33.5. The molecule has 1 aliphatic carbocycles. The summed E-state index contributed by atoms with van der Waals surface area (Å²) >= 11 is 0. The molecule has 0 aromatic carbocycles. The number of carbonyl (C=O) groups is 2. The Kier molecular flexibility index (Phi) is 31.9. The van der Waals surface area contributed by atoms with Crippen molar-refractivity contribution in [2.45, 2.75) is 224 Å². The number of carbonyl (C=O) groups excluding carboxylic acids is 2. The van der Waals surface area contributed by atoms with Crippen LogP contribution in [0.4, 0.5) is 0 Å². The number of unbranched alkanes of at least 4 members (excludes halogenated alkanes) is 20. The van der Waals surface area contributed by atoms with Crippen molar-refractivity contribution in [1.82, 2.24) is 0 Å². The molecule has 0 spiro atoms. The number of rotatable bonds is 36. The Bertz CT molecular complexity index is 1100. The number of hydrogen-bond acceptors (Lipinski definition) is 12. The first-order chi connectivity index (χ1) is 27.4. The minimum atomic E-state index is -5.11. The Morgan fingerprint density at radius 2 is 0.947 bits per heavy atom. The number of aliphatic hydroxyl groups is 5. The summed E-state index contributed by atoms with van der Waals surface area (Å²) in [6.07, 6.45) is 22.3. The smallest absolute Gasteiger partial charge is 0.462 e. The molecule has 57 heavy (non-hydrogen) atoms. The van der Waals surface area contributed by atoms with Gasteiger partial charge in [-0.05, 0) is 44.9 Å². The number of esters is 2. The van der Waals surface area contributed by atoms with Gasteiger partial charge < -0.3 is 39.9 Å². The van der Waals surface area contributed by atoms with Crippen LogP contribution in [0.5, 0.6) is 0 Å². The highest BCUT2D eigenvalue weighted by Gasteiger charge is 2.51. The van der Waals surface area contributed by atoms with Crippen LogP contribution in [0, 0.1) is 0 Å². The van der Waals surface area contributed by atoms with Gasteiger partial charge in [-0.2, -0.15) is 0 Å². The van der Waals surface area contributed by atoms with E-state index in [1.54, 1.807) is 0 Å². The van der Waals surface area contributed by atoms with Crippen LogP contribution in [0.15, 0.2) is 24.3 Å². The van der Waals surface area contributed by atoms with Gasteiger partial charge in [-0.3, -0.25) is 18.6 Å². The van der Waals surface area contributed by atoms with Gasteiger partial charge in [-0.15, -0.1) is 0 Å². The number of ether oxygens (including phenoxy) is 2. The lowest BCUT2D eigenvalue weighted by atomic mass is 9.85. The fraction of sp³-hybridized carbons (Fsp3) is 0.860. The van der Waals surface area contributed by atoms with Gasteiger partial charge in [-0.25, -0.2) is 4.57 Å². The first-order valence-corrected chi connectivity index (χ1v) is 23.6. The lowest BCUT2D eigenvalue weighted by Crippen LogP contribution is -2.64. The molecule has 0 aliphatic heterocycles. The molecular formula is C43H79O13P. The monoisotopic (exact) mass is 835 g/mol. The van der Waals surface area contributed by atoms with Gasteiger partial charge in [0.1, 0.15) is 43.2 Å². The van der Waals surface area contributed by atoms with E-state index in [9.17, 15) is 44.6 Å². The van der Waals surface area contributed by atoms with E-state index >= 15 is 0 Å². The predicted octanol–water partition coefficient (Wildman–Crippen LogP) is 8.06. The Hall–Kier alpha value is -1.67. The summed E-state index contributed by atoms with van der Waals surface area (Å²) in [5.41, 5.74) is 0. The molecular weight excluding hydrogens is 755 g/mol. The Morgan fingerprint density at radius 1 is 0.544 bits per heavy atom. The van der Waals surface area contributed by atoms with Crippen LogP contribution in [0.25, 0.3) is 0 Å². The van der Waals surface area contributed by atoms with Gasteiger partial charge in [0.25, 0.3) is 0 Å². The molecule has 0 aromatic heterocycles. The molecule has 13 nitrogen and oxygen atoms in total. The van der Waals surface area contributed by atoms with Crippen LogP contribution in [-0.2, 0) is 32.7 Å². The van der Waals surface area contributed by atoms with E-state index in [1.165, 1.54) is 77.0 Å². The molecule has 1 fully saturated rings. The summed E-state index contributed by atoms with van der Waals surface area (Å²) in [4.78, 5) is 35.6. The topological polar surface area (TPSA) is 210 Å². The third-order valence-corrected chi connectivity index (χ3v) is 11.3. The quantitative estimate of drug-likeness (QED) is 0.0153. The molecule has 0 bridgehead atoms. The maximum Gasteiger partial charge on any atom is 0.472 e. The molecule has 6 N–H and O–H groups in total. The molecule has 0 amide bonds. The lowest BCUT2D eigenvalue weighted by Gasteiger charge is -2.41. The van der Waals surface area contributed by atoms with Crippen molar-refractivity contribution in [3.8, 4) is 0 Å². The SMILES string of the molecule is CCCCC/C=C\C/C=C\CCCCCCCC(=O)OC(COC(=O)CCCCCCCCCCCCCCC)COP(=O)(O)OC1C(O)C(O)C(O)C(O)C1O. The van der Waals surface area contributed by atoms with Crippen molar-refractivity contribution in [2.24, 2.45) is 0 Å². The van der Waals surface area contributed by atoms with Gasteiger partial charge in [-0.1, -0.05) is 147 Å². The van der Waals surface area contributed by atoms with Crippen molar-refractivity contribution in [3.63, 3.8) is 0 Å². The third-order valence-electron chi connectivity index (χ3n) is 10.3. The van der Waals surface area contributed by atoms with Gasteiger partial charge in [0, 0.05) is 12.8 Å². The Balaban J connectivity index is 2.49. The van der Waals surface area contributed by atoms with Crippen LogP contribution in [-0.4, -0.2) is 98.3 Å². The van der Waals surface area contributed by atoms with Gasteiger partial charge in [0.15, 0.2) is 6.10 Å². The first-order valence-electron chi connectivity index (χ1n) is 22.1. The highest BCUT2D eigenvalue weighted by Crippen LogP contribution is 2.47. The van der Waals surface area contributed by atoms with Crippen LogP contribution in [0.1, 0.15) is 181 Å². The molecule has 6 unspecified atom stereocenters. The van der Waals surface area contributed by atoms with Crippen LogP contribution >= 0.6 is 7.82 Å². The zero-order valence-corrected chi connectivity index (χ0v) is 36.0. The van der Waals surface area contributed by atoms with E-state index in [0.29, 0.717) is 12.8 Å². The number of phosphoric ester groups is 1. The third kappa shape index (κ3) is 26.9. The van der Waals surface area contributed by atoms with Gasteiger partial charge in [0.2, 0.25) is 0 Å². The molecule has 0 aromatic rings. The van der Waals surface area contributed by atoms with Crippen molar-refractivity contribution in [1.29, 1.82) is 0 Å². The second-order valence-corrected chi connectivity index (χ2v) is 17.0. The Morgan fingerprint density at radius 3 is 1.46 bits per heavy atom. The molecule has 0 heterocycles. The molecule has 1 saturated carbocycles. The van der Waals surface area contributed by atoms with E-state index < -0.39 is 75.7 Å². The first kappa shape index (κ1) is 53.3. The summed E-state index contributed by atoms with van der Waals surface area (Å²) in [6, 6.07) is 0. The molecule has 334 valence electrons. The van der Waals surface area contributed by atoms with Crippen LogP contribution in [0.2, 0.25) is 0 Å². The van der Waals surface area contributed by atoms with Crippen molar-refractivity contribution in [2.75, 3.05) is 13.2 Å².